The minimum absolute atomic E-state index is 0.268. The van der Waals surface area contributed by atoms with Crippen LogP contribution in [0.5, 0.6) is 0 Å². The lowest BCUT2D eigenvalue weighted by Gasteiger charge is -2.35. The van der Waals surface area contributed by atoms with Crippen molar-refractivity contribution in [3.05, 3.63) is 24.5 Å². The summed E-state index contributed by atoms with van der Waals surface area (Å²) in [4.78, 5) is 15.5. The molecule has 4 rings (SSSR count). The molecule has 1 saturated heterocycles. The van der Waals surface area contributed by atoms with Gasteiger partial charge in [0.2, 0.25) is 5.95 Å². The molecule has 3 N–H and O–H groups in total. The van der Waals surface area contributed by atoms with Crippen LogP contribution in [0.15, 0.2) is 24.5 Å². The van der Waals surface area contributed by atoms with E-state index < -0.39 is 0 Å². The molecule has 0 saturated carbocycles. The predicted molar refractivity (Wildman–Crippen MR) is 93.6 cm³/mol. The number of rotatable bonds is 2. The molecule has 1 atom stereocenters. The number of piperazine rings is 1. The highest BCUT2D eigenvalue weighted by Gasteiger charge is 2.26. The maximum Gasteiger partial charge on any atom is 0.224 e. The minimum atomic E-state index is 0.268. The van der Waals surface area contributed by atoms with Crippen LogP contribution >= 0.6 is 0 Å². The van der Waals surface area contributed by atoms with E-state index in [1.807, 2.05) is 25.4 Å². The van der Waals surface area contributed by atoms with Crippen LogP contribution in [0.2, 0.25) is 0 Å². The van der Waals surface area contributed by atoms with Gasteiger partial charge in [-0.25, -0.2) is 4.68 Å². The van der Waals surface area contributed by atoms with E-state index in [1.165, 1.54) is 0 Å². The number of nitrogens with two attached hydrogens (primary N) is 1. The number of nitrogen functional groups attached to an aromatic ring is 1. The van der Waals surface area contributed by atoms with Crippen molar-refractivity contribution in [2.75, 3.05) is 30.3 Å². The molecule has 1 aliphatic heterocycles. The van der Waals surface area contributed by atoms with Crippen molar-refractivity contribution in [2.24, 2.45) is 7.05 Å². The molecule has 1 aliphatic rings. The van der Waals surface area contributed by atoms with E-state index in [0.717, 1.165) is 47.7 Å². The Balaban J connectivity index is 1.99. The Bertz CT molecular complexity index is 873. The normalized spacial score (nSPS) is 18.2. The molecule has 3 aromatic rings. The second kappa shape index (κ2) is 5.72. The molecule has 1 fully saturated rings. The monoisotopic (exact) mass is 324 g/mol. The molecule has 0 amide bonds. The van der Waals surface area contributed by atoms with Gasteiger partial charge in [0.15, 0.2) is 5.65 Å². The molecule has 0 unspecified atom stereocenters. The summed E-state index contributed by atoms with van der Waals surface area (Å²) < 4.78 is 1.76. The maximum atomic E-state index is 5.98. The fourth-order valence-electron chi connectivity index (χ4n) is 3.22. The molecule has 124 valence electrons. The smallest absolute Gasteiger partial charge is 0.224 e. The summed E-state index contributed by atoms with van der Waals surface area (Å²) in [6.45, 7) is 4.87. The molecule has 24 heavy (non-hydrogen) atoms. The molecule has 4 heterocycles. The highest BCUT2D eigenvalue weighted by Crippen LogP contribution is 2.34. The third-order valence-corrected chi connectivity index (χ3v) is 4.39. The predicted octanol–water partition coefficient (Wildman–Crippen LogP) is 0.806. The van der Waals surface area contributed by atoms with E-state index in [-0.39, 0.29) is 5.95 Å². The van der Waals surface area contributed by atoms with Gasteiger partial charge in [-0.15, -0.1) is 0 Å². The van der Waals surface area contributed by atoms with Crippen LogP contribution in [0.4, 0.5) is 11.8 Å². The SMILES string of the molecule is C[C@H]1CNCCN1c1nc(N)nc2c1c(-c1cccnc1)nn2C. The summed E-state index contributed by atoms with van der Waals surface area (Å²) in [5, 5.41) is 8.98. The van der Waals surface area contributed by atoms with Gasteiger partial charge in [0, 0.05) is 50.7 Å². The van der Waals surface area contributed by atoms with E-state index in [9.17, 15) is 0 Å². The molecule has 3 aromatic heterocycles. The van der Waals surface area contributed by atoms with Crippen LogP contribution in [0, 0.1) is 0 Å². The zero-order valence-electron chi connectivity index (χ0n) is 13.8. The van der Waals surface area contributed by atoms with E-state index in [1.54, 1.807) is 10.9 Å². The number of hydrogen-bond donors (Lipinski definition) is 2. The summed E-state index contributed by atoms with van der Waals surface area (Å²) in [5.74, 6) is 1.11. The Morgan fingerprint density at radius 2 is 2.21 bits per heavy atom. The molecule has 0 bridgehead atoms. The Morgan fingerprint density at radius 3 is 2.96 bits per heavy atom. The van der Waals surface area contributed by atoms with Crippen LogP contribution in [0.25, 0.3) is 22.3 Å². The summed E-state index contributed by atoms with van der Waals surface area (Å²) in [5.41, 5.74) is 8.49. The van der Waals surface area contributed by atoms with Gasteiger partial charge in [-0.2, -0.15) is 15.1 Å². The van der Waals surface area contributed by atoms with Crippen molar-refractivity contribution in [2.45, 2.75) is 13.0 Å². The van der Waals surface area contributed by atoms with Crippen LogP contribution in [-0.2, 0) is 7.05 Å². The number of hydrogen-bond acceptors (Lipinski definition) is 7. The summed E-state index contributed by atoms with van der Waals surface area (Å²) in [7, 11) is 1.87. The number of nitrogens with zero attached hydrogens (tertiary/aromatic N) is 6. The zero-order valence-corrected chi connectivity index (χ0v) is 13.8. The third-order valence-electron chi connectivity index (χ3n) is 4.39. The van der Waals surface area contributed by atoms with Gasteiger partial charge in [-0.1, -0.05) is 0 Å². The Hall–Kier alpha value is -2.74. The standard InChI is InChI=1S/C16H20N8/c1-10-8-19-6-7-24(10)15-12-13(11-4-3-5-18-9-11)22-23(2)14(12)20-16(17)21-15/h3-5,9-10,19H,6-8H2,1-2H3,(H2,17,20,21)/t10-/m0/s1. The first-order valence-corrected chi connectivity index (χ1v) is 8.03. The fourth-order valence-corrected chi connectivity index (χ4v) is 3.22. The Kier molecular flexibility index (Phi) is 3.53. The van der Waals surface area contributed by atoms with Gasteiger partial charge in [0.25, 0.3) is 0 Å². The first kappa shape index (κ1) is 14.8. The zero-order chi connectivity index (χ0) is 16.7. The van der Waals surface area contributed by atoms with Gasteiger partial charge < -0.3 is 16.0 Å². The molecule has 8 nitrogen and oxygen atoms in total. The highest BCUT2D eigenvalue weighted by molar-refractivity contribution is 6.00. The van der Waals surface area contributed by atoms with Crippen LogP contribution in [-0.4, -0.2) is 50.4 Å². The topological polar surface area (TPSA) is 97.8 Å². The van der Waals surface area contributed by atoms with Gasteiger partial charge in [0.1, 0.15) is 11.5 Å². The van der Waals surface area contributed by atoms with Gasteiger partial charge >= 0.3 is 0 Å². The van der Waals surface area contributed by atoms with Crippen molar-refractivity contribution < 1.29 is 0 Å². The van der Waals surface area contributed by atoms with Gasteiger partial charge in [0.05, 0.1) is 5.39 Å². The Morgan fingerprint density at radius 1 is 1.33 bits per heavy atom. The summed E-state index contributed by atoms with van der Waals surface area (Å²) in [6, 6.07) is 4.22. The first-order chi connectivity index (χ1) is 11.6. The fraction of sp³-hybridized carbons (Fsp3) is 0.375. The van der Waals surface area contributed by atoms with Crippen LogP contribution < -0.4 is 16.0 Å². The number of pyridine rings is 1. The second-order valence-corrected chi connectivity index (χ2v) is 6.06. The number of aromatic nitrogens is 5. The van der Waals surface area contributed by atoms with Crippen LogP contribution in [0.3, 0.4) is 0 Å². The van der Waals surface area contributed by atoms with E-state index >= 15 is 0 Å². The molecular weight excluding hydrogens is 304 g/mol. The highest BCUT2D eigenvalue weighted by atomic mass is 15.3. The van der Waals surface area contributed by atoms with E-state index in [4.69, 9.17) is 5.73 Å². The molecular formula is C16H20N8. The lowest BCUT2D eigenvalue weighted by molar-refractivity contribution is 0.498. The number of nitrogens with one attached hydrogen (secondary N) is 1. The average molecular weight is 324 g/mol. The van der Waals surface area contributed by atoms with Crippen LogP contribution in [0.1, 0.15) is 6.92 Å². The average Bonchev–Trinajstić information content (AvgIpc) is 2.92. The third kappa shape index (κ3) is 2.35. The van der Waals surface area contributed by atoms with E-state index in [0.29, 0.717) is 6.04 Å². The molecule has 0 aliphatic carbocycles. The van der Waals surface area contributed by atoms with Crippen molar-refractivity contribution in [3.8, 4) is 11.3 Å². The van der Waals surface area contributed by atoms with Gasteiger partial charge in [-0.05, 0) is 19.1 Å². The lowest BCUT2D eigenvalue weighted by Crippen LogP contribution is -2.50. The molecule has 8 heteroatoms. The molecule has 0 aromatic carbocycles. The van der Waals surface area contributed by atoms with Crippen molar-refractivity contribution in [1.82, 2.24) is 30.0 Å². The summed E-state index contributed by atoms with van der Waals surface area (Å²) in [6.07, 6.45) is 3.56. The molecule has 0 radical (unpaired) electrons. The number of anilines is 2. The first-order valence-electron chi connectivity index (χ1n) is 8.03. The quantitative estimate of drug-likeness (QED) is 0.719. The lowest BCUT2D eigenvalue weighted by atomic mass is 10.1. The van der Waals surface area contributed by atoms with Crippen molar-refractivity contribution in [1.29, 1.82) is 0 Å². The van der Waals surface area contributed by atoms with Crippen molar-refractivity contribution >= 4 is 22.8 Å². The van der Waals surface area contributed by atoms with E-state index in [2.05, 4.69) is 37.2 Å². The molecule has 0 spiro atoms. The number of aryl methyl sites for hydroxylation is 1. The Labute approximate surface area is 139 Å². The van der Waals surface area contributed by atoms with Crippen molar-refractivity contribution in [3.63, 3.8) is 0 Å². The largest absolute Gasteiger partial charge is 0.368 e. The minimum Gasteiger partial charge on any atom is -0.368 e. The summed E-state index contributed by atoms with van der Waals surface area (Å²) >= 11 is 0. The number of fused-ring (bicyclic) bond motifs is 1. The second-order valence-electron chi connectivity index (χ2n) is 6.06. The van der Waals surface area contributed by atoms with Gasteiger partial charge in [-0.3, -0.25) is 4.98 Å². The maximum absolute atomic E-state index is 5.98.